The third kappa shape index (κ3) is 18.8. The molecular formula is C64H98O6. The van der Waals surface area contributed by atoms with E-state index >= 15 is 0 Å². The van der Waals surface area contributed by atoms with Gasteiger partial charge in [-0.2, -0.15) is 0 Å². The summed E-state index contributed by atoms with van der Waals surface area (Å²) in [6, 6.07) is 17.9. The molecule has 0 aliphatic carbocycles. The van der Waals surface area contributed by atoms with Crippen molar-refractivity contribution in [2.75, 3.05) is 40.6 Å². The van der Waals surface area contributed by atoms with Crippen LogP contribution in [-0.4, -0.2) is 40.6 Å². The van der Waals surface area contributed by atoms with Crippen LogP contribution in [0.3, 0.4) is 0 Å². The zero-order valence-corrected chi connectivity index (χ0v) is 45.5. The zero-order valence-electron chi connectivity index (χ0n) is 45.5. The summed E-state index contributed by atoms with van der Waals surface area (Å²) in [6.45, 7) is 11.9. The standard InChI is InChI=1S/C64H98O6/c1-7-11-15-19-23-27-31-35-39-67-61-47-55-53-43-51-45-59(65-5)60(66-6)46-52(51)44-54(53)56-48-62(68-40-36-32-28-24-20-16-12-8-2)64(70-42-38-34-30-26-22-18-14-10-4)50-58(56)57(55)49-63(61)69-41-37-33-29-25-21-17-13-9-3/h43-50H,7-42H2,1-6H3. The van der Waals surface area contributed by atoms with E-state index in [1.165, 1.54) is 180 Å². The largest absolute Gasteiger partial charge is 0.493 e. The number of hydrogen-bond donors (Lipinski definition) is 0. The maximum Gasteiger partial charge on any atom is 0.161 e. The fourth-order valence-corrected chi connectivity index (χ4v) is 10.2. The zero-order chi connectivity index (χ0) is 49.4. The molecule has 0 atom stereocenters. The average molecular weight is 963 g/mol. The van der Waals surface area contributed by atoms with Gasteiger partial charge >= 0.3 is 0 Å². The monoisotopic (exact) mass is 963 g/mol. The molecule has 0 saturated heterocycles. The highest BCUT2D eigenvalue weighted by Gasteiger charge is 2.20. The first-order valence-electron chi connectivity index (χ1n) is 29.1. The molecule has 0 spiro atoms. The van der Waals surface area contributed by atoms with Crippen LogP contribution in [-0.2, 0) is 0 Å². The second kappa shape index (κ2) is 34.3. The van der Waals surface area contributed by atoms with Crippen LogP contribution in [0.15, 0.2) is 48.5 Å². The molecule has 5 rings (SSSR count). The van der Waals surface area contributed by atoms with Crippen molar-refractivity contribution in [2.24, 2.45) is 0 Å². The quantitative estimate of drug-likeness (QED) is 0.0221. The lowest BCUT2D eigenvalue weighted by molar-refractivity contribution is 0.258. The molecule has 5 aromatic rings. The van der Waals surface area contributed by atoms with Crippen molar-refractivity contribution < 1.29 is 28.4 Å². The lowest BCUT2D eigenvalue weighted by atomic mass is 9.91. The van der Waals surface area contributed by atoms with Gasteiger partial charge in [0.15, 0.2) is 34.5 Å². The molecule has 0 bridgehead atoms. The van der Waals surface area contributed by atoms with Crippen molar-refractivity contribution in [2.45, 2.75) is 233 Å². The van der Waals surface area contributed by atoms with Gasteiger partial charge in [0.05, 0.1) is 40.6 Å². The van der Waals surface area contributed by atoms with E-state index in [2.05, 4.69) is 76.2 Å². The molecule has 0 N–H and O–H groups in total. The van der Waals surface area contributed by atoms with Gasteiger partial charge in [0.2, 0.25) is 0 Å². The van der Waals surface area contributed by atoms with Crippen LogP contribution < -0.4 is 28.4 Å². The average Bonchev–Trinajstić information content (AvgIpc) is 3.38. The second-order valence-electron chi connectivity index (χ2n) is 20.4. The molecule has 0 fully saturated rings. The van der Waals surface area contributed by atoms with E-state index in [0.29, 0.717) is 26.4 Å². The number of rotatable bonds is 42. The smallest absolute Gasteiger partial charge is 0.161 e. The maximum absolute atomic E-state index is 6.80. The summed E-state index contributed by atoms with van der Waals surface area (Å²) in [4.78, 5) is 0. The lowest BCUT2D eigenvalue weighted by Crippen LogP contribution is -2.04. The van der Waals surface area contributed by atoms with Crippen LogP contribution in [0.5, 0.6) is 34.5 Å². The van der Waals surface area contributed by atoms with Gasteiger partial charge in [-0.3, -0.25) is 0 Å². The van der Waals surface area contributed by atoms with Crippen LogP contribution in [0.1, 0.15) is 233 Å². The Kier molecular flexibility index (Phi) is 27.9. The molecule has 6 heteroatoms. The summed E-state index contributed by atoms with van der Waals surface area (Å²) in [5, 5.41) is 9.08. The van der Waals surface area contributed by atoms with Crippen molar-refractivity contribution >= 4 is 43.1 Å². The molecule has 0 aliphatic rings. The van der Waals surface area contributed by atoms with Crippen LogP contribution in [0, 0.1) is 0 Å². The topological polar surface area (TPSA) is 55.4 Å². The number of hydrogen-bond acceptors (Lipinski definition) is 6. The maximum atomic E-state index is 6.80. The van der Waals surface area contributed by atoms with Gasteiger partial charge in [0.1, 0.15) is 0 Å². The summed E-state index contributed by atoms with van der Waals surface area (Å²) >= 11 is 0. The van der Waals surface area contributed by atoms with Crippen molar-refractivity contribution in [1.82, 2.24) is 0 Å². The number of benzene rings is 5. The van der Waals surface area contributed by atoms with Crippen molar-refractivity contribution in [3.05, 3.63) is 48.5 Å². The molecule has 0 saturated carbocycles. The Balaban J connectivity index is 1.54. The SMILES string of the molecule is CCCCCCCCCCOc1cc2c3cc(OCCCCCCCCCC)c(OCCCCCCCCCC)cc3c3cc4cc(OC)c(OC)cc4cc3c2cc1OCCCCCCCCCC. The third-order valence-electron chi connectivity index (χ3n) is 14.5. The molecule has 0 amide bonds. The predicted octanol–water partition coefficient (Wildman–Crippen LogP) is 20.4. The highest BCUT2D eigenvalue weighted by molar-refractivity contribution is 6.28. The van der Waals surface area contributed by atoms with Crippen LogP contribution >= 0.6 is 0 Å². The highest BCUT2D eigenvalue weighted by atomic mass is 16.5. The number of ether oxygens (including phenoxy) is 6. The van der Waals surface area contributed by atoms with Crippen molar-refractivity contribution in [1.29, 1.82) is 0 Å². The minimum atomic E-state index is 0.677. The molecule has 6 nitrogen and oxygen atoms in total. The Labute approximate surface area is 426 Å². The molecule has 0 heterocycles. The molecule has 5 aromatic carbocycles. The van der Waals surface area contributed by atoms with Crippen molar-refractivity contribution in [3.63, 3.8) is 0 Å². The van der Waals surface area contributed by atoms with Gasteiger partial charge in [-0.15, -0.1) is 0 Å². The number of unbranched alkanes of at least 4 members (excludes halogenated alkanes) is 28. The van der Waals surface area contributed by atoms with E-state index in [0.717, 1.165) is 103 Å². The van der Waals surface area contributed by atoms with E-state index in [-0.39, 0.29) is 0 Å². The summed E-state index contributed by atoms with van der Waals surface area (Å²) < 4.78 is 38.8. The summed E-state index contributed by atoms with van der Waals surface area (Å²) in [6.07, 6.45) is 40.4. The fraction of sp³-hybridized carbons (Fsp3) is 0.656. The first-order chi connectivity index (χ1) is 34.6. The predicted molar refractivity (Wildman–Crippen MR) is 302 cm³/mol. The van der Waals surface area contributed by atoms with E-state index < -0.39 is 0 Å². The molecule has 0 radical (unpaired) electrons. The van der Waals surface area contributed by atoms with E-state index in [1.54, 1.807) is 14.2 Å². The van der Waals surface area contributed by atoms with Crippen molar-refractivity contribution in [3.8, 4) is 34.5 Å². The Hall–Kier alpha value is -4.06. The molecule has 70 heavy (non-hydrogen) atoms. The minimum absolute atomic E-state index is 0.677. The lowest BCUT2D eigenvalue weighted by Gasteiger charge is -2.20. The van der Waals surface area contributed by atoms with Gasteiger partial charge in [-0.1, -0.05) is 207 Å². The fourth-order valence-electron chi connectivity index (χ4n) is 10.2. The first kappa shape index (κ1) is 56.8. The Morgan fingerprint density at radius 1 is 0.229 bits per heavy atom. The summed E-state index contributed by atoms with van der Waals surface area (Å²) in [5.74, 6) is 4.78. The number of methoxy groups -OCH3 is 2. The van der Waals surface area contributed by atoms with Gasteiger partial charge in [-0.05, 0) is 117 Å². The first-order valence-corrected chi connectivity index (χ1v) is 29.1. The minimum Gasteiger partial charge on any atom is -0.493 e. The van der Waals surface area contributed by atoms with Gasteiger partial charge in [-0.25, -0.2) is 0 Å². The van der Waals surface area contributed by atoms with Crippen LogP contribution in [0.4, 0.5) is 0 Å². The second-order valence-corrected chi connectivity index (χ2v) is 20.4. The van der Waals surface area contributed by atoms with E-state index in [1.807, 2.05) is 0 Å². The van der Waals surface area contributed by atoms with Crippen LogP contribution in [0.2, 0.25) is 0 Å². The third-order valence-corrected chi connectivity index (χ3v) is 14.5. The van der Waals surface area contributed by atoms with Gasteiger partial charge in [0, 0.05) is 0 Å². The normalized spacial score (nSPS) is 11.6. The summed E-state index contributed by atoms with van der Waals surface area (Å²) in [5.41, 5.74) is 0. The molecule has 0 unspecified atom stereocenters. The molecule has 0 aromatic heterocycles. The summed E-state index contributed by atoms with van der Waals surface area (Å²) in [7, 11) is 3.42. The molecule has 390 valence electrons. The Bertz CT molecular complexity index is 2040. The Morgan fingerprint density at radius 2 is 0.429 bits per heavy atom. The van der Waals surface area contributed by atoms with Gasteiger partial charge < -0.3 is 28.4 Å². The molecule has 0 aliphatic heterocycles. The highest BCUT2D eigenvalue weighted by Crippen LogP contribution is 2.46. The molecular weight excluding hydrogens is 865 g/mol. The van der Waals surface area contributed by atoms with E-state index in [4.69, 9.17) is 28.4 Å². The van der Waals surface area contributed by atoms with E-state index in [9.17, 15) is 0 Å². The number of fused-ring (bicyclic) bond motifs is 7. The Morgan fingerprint density at radius 3 is 0.643 bits per heavy atom. The van der Waals surface area contributed by atoms with Gasteiger partial charge in [0.25, 0.3) is 0 Å². The van der Waals surface area contributed by atoms with Crippen LogP contribution in [0.25, 0.3) is 43.1 Å².